The lowest BCUT2D eigenvalue weighted by Crippen LogP contribution is -2.09. The quantitative estimate of drug-likeness (QED) is 0.353. The summed E-state index contributed by atoms with van der Waals surface area (Å²) in [6.45, 7) is 4.26. The summed E-state index contributed by atoms with van der Waals surface area (Å²) in [5.74, 6) is 6.73. The van der Waals surface area contributed by atoms with E-state index in [4.69, 9.17) is 5.84 Å². The fourth-order valence-corrected chi connectivity index (χ4v) is 2.65. The maximum atomic E-state index is 11.0. The molecule has 1 aromatic carbocycles. The van der Waals surface area contributed by atoms with Gasteiger partial charge in [-0.25, -0.2) is 0 Å². The van der Waals surface area contributed by atoms with E-state index in [0.29, 0.717) is 16.5 Å². The zero-order valence-electron chi connectivity index (χ0n) is 9.97. The Kier molecular flexibility index (Phi) is 5.24. The largest absolute Gasteiger partial charge is 0.318 e. The Labute approximate surface area is 105 Å². The van der Waals surface area contributed by atoms with Gasteiger partial charge in [0.15, 0.2) is 0 Å². The lowest BCUT2D eigenvalue weighted by molar-refractivity contribution is -0.386. The van der Waals surface area contributed by atoms with Crippen LogP contribution >= 0.6 is 11.8 Å². The van der Waals surface area contributed by atoms with Gasteiger partial charge in [0.05, 0.1) is 9.82 Å². The van der Waals surface area contributed by atoms with E-state index in [1.807, 2.05) is 0 Å². The highest BCUT2D eigenvalue weighted by atomic mass is 32.2. The molecule has 0 bridgehead atoms. The molecule has 6 heteroatoms. The molecule has 0 radical (unpaired) electrons. The zero-order valence-corrected chi connectivity index (χ0v) is 10.8. The number of hydrazine groups is 1. The molecule has 5 nitrogen and oxygen atoms in total. The van der Waals surface area contributed by atoms with Crippen molar-refractivity contribution < 1.29 is 4.92 Å². The molecule has 0 heterocycles. The number of nitrogen functional groups attached to an aromatic ring is 1. The van der Waals surface area contributed by atoms with Crippen LogP contribution in [0.1, 0.15) is 20.3 Å². The van der Waals surface area contributed by atoms with Gasteiger partial charge in [-0.15, -0.1) is 11.8 Å². The van der Waals surface area contributed by atoms with Gasteiger partial charge in [0, 0.05) is 0 Å². The second-order valence-corrected chi connectivity index (χ2v) is 5.22. The van der Waals surface area contributed by atoms with E-state index in [9.17, 15) is 10.1 Å². The number of nitrogens with two attached hydrogens (primary N) is 1. The van der Waals surface area contributed by atoms with Crippen LogP contribution in [-0.4, -0.2) is 10.7 Å². The van der Waals surface area contributed by atoms with Crippen molar-refractivity contribution in [3.63, 3.8) is 0 Å². The molecule has 0 saturated carbocycles. The minimum atomic E-state index is -0.396. The maximum Gasteiger partial charge on any atom is 0.307 e. The number of benzene rings is 1. The number of rotatable bonds is 6. The highest BCUT2D eigenvalue weighted by Crippen LogP contribution is 2.35. The summed E-state index contributed by atoms with van der Waals surface area (Å²) in [4.78, 5) is 11.3. The van der Waals surface area contributed by atoms with Gasteiger partial charge in [-0.3, -0.25) is 16.0 Å². The molecule has 17 heavy (non-hydrogen) atoms. The summed E-state index contributed by atoms with van der Waals surface area (Å²) >= 11 is 1.50. The molecule has 0 aliphatic rings. The van der Waals surface area contributed by atoms with E-state index >= 15 is 0 Å². The second kappa shape index (κ2) is 6.46. The Hall–Kier alpha value is -1.27. The monoisotopic (exact) mass is 255 g/mol. The minimum absolute atomic E-state index is 0.0590. The van der Waals surface area contributed by atoms with Gasteiger partial charge < -0.3 is 5.43 Å². The molecule has 0 fully saturated rings. The second-order valence-electron chi connectivity index (χ2n) is 4.08. The lowest BCUT2D eigenvalue weighted by Gasteiger charge is -2.08. The number of nitrogens with zero attached hydrogens (tertiary/aromatic N) is 1. The van der Waals surface area contributed by atoms with Crippen LogP contribution in [0.3, 0.4) is 0 Å². The first-order chi connectivity index (χ1) is 8.06. The van der Waals surface area contributed by atoms with Crippen molar-refractivity contribution in [2.75, 3.05) is 11.2 Å². The molecule has 0 saturated heterocycles. The average Bonchev–Trinajstić information content (AvgIpc) is 2.27. The molecule has 0 spiro atoms. The van der Waals surface area contributed by atoms with Crippen molar-refractivity contribution in [2.24, 2.45) is 11.8 Å². The molecular formula is C11H17N3O2S. The molecule has 0 atom stereocenters. The molecule has 94 valence electrons. The van der Waals surface area contributed by atoms with Gasteiger partial charge in [-0.05, 0) is 30.2 Å². The third kappa shape index (κ3) is 3.90. The van der Waals surface area contributed by atoms with Gasteiger partial charge >= 0.3 is 5.69 Å². The van der Waals surface area contributed by atoms with Crippen molar-refractivity contribution in [2.45, 2.75) is 25.2 Å². The van der Waals surface area contributed by atoms with Gasteiger partial charge in [0.25, 0.3) is 0 Å². The minimum Gasteiger partial charge on any atom is -0.318 e. The molecule has 0 aliphatic carbocycles. The Morgan fingerprint density at radius 3 is 2.76 bits per heavy atom. The zero-order chi connectivity index (χ0) is 12.8. The molecule has 0 amide bonds. The Balaban J connectivity index is 2.87. The van der Waals surface area contributed by atoms with Crippen LogP contribution in [0.25, 0.3) is 0 Å². The molecule has 1 aromatic rings. The van der Waals surface area contributed by atoms with Crippen LogP contribution in [0.15, 0.2) is 23.1 Å². The van der Waals surface area contributed by atoms with Gasteiger partial charge in [-0.2, -0.15) is 0 Å². The number of hydrogen-bond acceptors (Lipinski definition) is 5. The number of para-hydroxylation sites is 1. The summed E-state index contributed by atoms with van der Waals surface area (Å²) in [7, 11) is 0. The van der Waals surface area contributed by atoms with Crippen molar-refractivity contribution in [3.05, 3.63) is 28.3 Å². The number of nitro benzene ring substituents is 1. The van der Waals surface area contributed by atoms with Crippen molar-refractivity contribution in [1.29, 1.82) is 0 Å². The van der Waals surface area contributed by atoms with E-state index in [-0.39, 0.29) is 5.69 Å². The summed E-state index contributed by atoms with van der Waals surface area (Å²) in [5.41, 5.74) is 2.77. The van der Waals surface area contributed by atoms with E-state index in [1.54, 1.807) is 18.2 Å². The number of nitrogens with one attached hydrogen (secondary N) is 1. The molecule has 3 N–H and O–H groups in total. The SMILES string of the molecule is CC(C)CCSc1cccc(NN)c1[N+](=O)[O-]. The van der Waals surface area contributed by atoms with E-state index < -0.39 is 4.92 Å². The summed E-state index contributed by atoms with van der Waals surface area (Å²) in [5, 5.41) is 11.0. The first-order valence-corrected chi connectivity index (χ1v) is 6.41. The number of hydrogen-bond donors (Lipinski definition) is 2. The number of anilines is 1. The normalized spacial score (nSPS) is 10.6. The standard InChI is InChI=1S/C11H17N3O2S/c1-8(2)6-7-17-10-5-3-4-9(13-12)11(10)14(15)16/h3-5,8,13H,6-7,12H2,1-2H3. The Bertz CT molecular complexity index is 396. The van der Waals surface area contributed by atoms with E-state index in [0.717, 1.165) is 12.2 Å². The molecule has 0 unspecified atom stereocenters. The highest BCUT2D eigenvalue weighted by molar-refractivity contribution is 7.99. The Morgan fingerprint density at radius 2 is 2.24 bits per heavy atom. The van der Waals surface area contributed by atoms with Crippen LogP contribution in [0, 0.1) is 16.0 Å². The molecule has 0 aliphatic heterocycles. The number of thioether (sulfide) groups is 1. The van der Waals surface area contributed by atoms with Crippen LogP contribution in [0.2, 0.25) is 0 Å². The van der Waals surface area contributed by atoms with Crippen molar-refractivity contribution in [1.82, 2.24) is 0 Å². The van der Waals surface area contributed by atoms with Gasteiger partial charge in [0.2, 0.25) is 0 Å². The van der Waals surface area contributed by atoms with Gasteiger partial charge in [0.1, 0.15) is 5.69 Å². The van der Waals surface area contributed by atoms with Crippen LogP contribution in [0.4, 0.5) is 11.4 Å². The Morgan fingerprint density at radius 1 is 1.53 bits per heavy atom. The topological polar surface area (TPSA) is 81.2 Å². The lowest BCUT2D eigenvalue weighted by atomic mass is 10.2. The summed E-state index contributed by atoms with van der Waals surface area (Å²) in [6, 6.07) is 5.12. The summed E-state index contributed by atoms with van der Waals surface area (Å²) in [6.07, 6.45) is 1.03. The fourth-order valence-electron chi connectivity index (χ4n) is 1.35. The first-order valence-electron chi connectivity index (χ1n) is 5.43. The van der Waals surface area contributed by atoms with Crippen LogP contribution < -0.4 is 11.3 Å². The van der Waals surface area contributed by atoms with Crippen molar-refractivity contribution in [3.8, 4) is 0 Å². The van der Waals surface area contributed by atoms with Crippen LogP contribution in [-0.2, 0) is 0 Å². The maximum absolute atomic E-state index is 11.0. The molecular weight excluding hydrogens is 238 g/mol. The third-order valence-corrected chi connectivity index (χ3v) is 3.37. The van der Waals surface area contributed by atoms with E-state index in [1.165, 1.54) is 11.8 Å². The predicted octanol–water partition coefficient (Wildman–Crippen LogP) is 3.02. The highest BCUT2D eigenvalue weighted by Gasteiger charge is 2.19. The number of nitro groups is 1. The smallest absolute Gasteiger partial charge is 0.307 e. The molecule has 1 rings (SSSR count). The third-order valence-electron chi connectivity index (χ3n) is 2.29. The average molecular weight is 255 g/mol. The molecule has 0 aromatic heterocycles. The van der Waals surface area contributed by atoms with Crippen LogP contribution in [0.5, 0.6) is 0 Å². The first kappa shape index (κ1) is 13.8. The summed E-state index contributed by atoms with van der Waals surface area (Å²) < 4.78 is 0. The van der Waals surface area contributed by atoms with Crippen molar-refractivity contribution >= 4 is 23.1 Å². The fraction of sp³-hybridized carbons (Fsp3) is 0.455. The van der Waals surface area contributed by atoms with E-state index in [2.05, 4.69) is 19.3 Å². The van der Waals surface area contributed by atoms with Gasteiger partial charge in [-0.1, -0.05) is 19.9 Å². The predicted molar refractivity (Wildman–Crippen MR) is 71.1 cm³/mol.